The van der Waals surface area contributed by atoms with E-state index in [1.165, 1.54) is 0 Å². The Bertz CT molecular complexity index is 171. The average molecular weight is 266 g/mol. The lowest BCUT2D eigenvalue weighted by molar-refractivity contribution is 0.337. The fraction of sp³-hybridized carbons (Fsp3) is 0.909. The summed E-state index contributed by atoms with van der Waals surface area (Å²) in [7, 11) is 3.58. The smallest absolute Gasteiger partial charge is 0.147 e. The number of hydrogen-bond acceptors (Lipinski definition) is 3. The standard InChI is InChI=1S/C11H23NS3/c1-6-14-15-11(13)12(7-9(2)3)8-10(4)5/h9-10H,6-8H2,1-5H3. The Morgan fingerprint density at radius 2 is 1.60 bits per heavy atom. The van der Waals surface area contributed by atoms with E-state index < -0.39 is 0 Å². The van der Waals surface area contributed by atoms with Crippen molar-refractivity contribution in [3.05, 3.63) is 0 Å². The van der Waals surface area contributed by atoms with Crippen LogP contribution in [0, 0.1) is 11.8 Å². The first-order valence-electron chi connectivity index (χ1n) is 5.55. The monoisotopic (exact) mass is 265 g/mol. The van der Waals surface area contributed by atoms with Gasteiger partial charge in [-0.05, 0) is 22.6 Å². The van der Waals surface area contributed by atoms with Gasteiger partial charge < -0.3 is 4.90 Å². The van der Waals surface area contributed by atoms with E-state index in [4.69, 9.17) is 12.2 Å². The summed E-state index contributed by atoms with van der Waals surface area (Å²) in [5.74, 6) is 2.46. The third-order valence-corrected chi connectivity index (χ3v) is 4.79. The molecule has 0 saturated heterocycles. The molecule has 0 fully saturated rings. The predicted octanol–water partition coefficient (Wildman–Crippen LogP) is 4.29. The molecule has 0 bridgehead atoms. The number of rotatable bonds is 6. The van der Waals surface area contributed by atoms with Crippen molar-refractivity contribution in [1.29, 1.82) is 0 Å². The fourth-order valence-electron chi connectivity index (χ4n) is 1.27. The SMILES string of the molecule is CCSSC(=S)N(CC(C)C)CC(C)C. The first kappa shape index (κ1) is 15.6. The van der Waals surface area contributed by atoms with Gasteiger partial charge >= 0.3 is 0 Å². The van der Waals surface area contributed by atoms with E-state index >= 15 is 0 Å². The molecule has 0 rings (SSSR count). The summed E-state index contributed by atoms with van der Waals surface area (Å²) < 4.78 is 1.05. The van der Waals surface area contributed by atoms with Gasteiger partial charge in [0.1, 0.15) is 4.32 Å². The lowest BCUT2D eigenvalue weighted by atomic mass is 10.1. The molecule has 4 heteroatoms. The average Bonchev–Trinajstić information content (AvgIpc) is 2.11. The largest absolute Gasteiger partial charge is 0.356 e. The molecule has 0 aliphatic carbocycles. The molecule has 15 heavy (non-hydrogen) atoms. The molecule has 0 atom stereocenters. The highest BCUT2D eigenvalue weighted by atomic mass is 33.1. The van der Waals surface area contributed by atoms with E-state index in [1.54, 1.807) is 10.8 Å². The molecule has 0 amide bonds. The third-order valence-electron chi connectivity index (χ3n) is 1.68. The topological polar surface area (TPSA) is 3.24 Å². The minimum atomic E-state index is 0.675. The van der Waals surface area contributed by atoms with Crippen molar-refractivity contribution in [2.75, 3.05) is 18.8 Å². The van der Waals surface area contributed by atoms with Crippen molar-refractivity contribution >= 4 is 38.1 Å². The highest BCUT2D eigenvalue weighted by molar-refractivity contribution is 8.83. The van der Waals surface area contributed by atoms with E-state index in [0.717, 1.165) is 23.2 Å². The summed E-state index contributed by atoms with van der Waals surface area (Å²) in [6.07, 6.45) is 0. The van der Waals surface area contributed by atoms with Gasteiger partial charge in [0.15, 0.2) is 0 Å². The highest BCUT2D eigenvalue weighted by Gasteiger charge is 2.13. The maximum atomic E-state index is 5.45. The van der Waals surface area contributed by atoms with E-state index in [1.807, 2.05) is 10.8 Å². The zero-order valence-electron chi connectivity index (χ0n) is 10.4. The molecule has 0 saturated carbocycles. The Labute approximate surface area is 108 Å². The van der Waals surface area contributed by atoms with Gasteiger partial charge in [-0.1, -0.05) is 57.6 Å². The number of nitrogens with zero attached hydrogens (tertiary/aromatic N) is 1. The molecule has 0 aliphatic rings. The normalized spacial score (nSPS) is 11.1. The lowest BCUT2D eigenvalue weighted by Gasteiger charge is -2.27. The first-order chi connectivity index (χ1) is 6.97. The van der Waals surface area contributed by atoms with Crippen LogP contribution in [0.1, 0.15) is 34.6 Å². The lowest BCUT2D eigenvalue weighted by Crippen LogP contribution is -2.34. The van der Waals surface area contributed by atoms with Crippen LogP contribution in [0.2, 0.25) is 0 Å². The second kappa shape index (κ2) is 8.71. The fourth-order valence-corrected chi connectivity index (χ4v) is 3.29. The summed E-state index contributed by atoms with van der Waals surface area (Å²) in [5, 5.41) is 0. The van der Waals surface area contributed by atoms with Crippen LogP contribution >= 0.6 is 33.8 Å². The van der Waals surface area contributed by atoms with Crippen LogP contribution in [0.15, 0.2) is 0 Å². The van der Waals surface area contributed by atoms with Crippen LogP contribution in [0.3, 0.4) is 0 Å². The van der Waals surface area contributed by atoms with Gasteiger partial charge in [-0.15, -0.1) is 0 Å². The van der Waals surface area contributed by atoms with Crippen molar-refractivity contribution in [3.63, 3.8) is 0 Å². The van der Waals surface area contributed by atoms with E-state index in [9.17, 15) is 0 Å². The molecule has 0 aromatic heterocycles. The minimum Gasteiger partial charge on any atom is -0.356 e. The van der Waals surface area contributed by atoms with Gasteiger partial charge in [0.05, 0.1) is 0 Å². The quantitative estimate of drug-likeness (QED) is 0.520. The Kier molecular flexibility index (Phi) is 9.05. The van der Waals surface area contributed by atoms with Crippen molar-refractivity contribution in [1.82, 2.24) is 4.90 Å². The zero-order chi connectivity index (χ0) is 11.8. The molecule has 1 nitrogen and oxygen atoms in total. The Balaban J connectivity index is 4.14. The molecule has 90 valence electrons. The van der Waals surface area contributed by atoms with Gasteiger partial charge in [-0.3, -0.25) is 0 Å². The Hall–Kier alpha value is 0.590. The van der Waals surface area contributed by atoms with Crippen LogP contribution in [0.25, 0.3) is 0 Å². The second-order valence-electron chi connectivity index (χ2n) is 4.45. The summed E-state index contributed by atoms with van der Waals surface area (Å²) >= 11 is 5.45. The highest BCUT2D eigenvalue weighted by Crippen LogP contribution is 2.25. The van der Waals surface area contributed by atoms with Crippen LogP contribution in [0.5, 0.6) is 0 Å². The number of hydrogen-bond donors (Lipinski definition) is 0. The predicted molar refractivity (Wildman–Crippen MR) is 79.6 cm³/mol. The maximum Gasteiger partial charge on any atom is 0.147 e. The molecule has 0 aromatic rings. The van der Waals surface area contributed by atoms with Crippen LogP contribution < -0.4 is 0 Å². The molecular weight excluding hydrogens is 242 g/mol. The summed E-state index contributed by atoms with van der Waals surface area (Å²) in [5.41, 5.74) is 0. The molecule has 0 radical (unpaired) electrons. The van der Waals surface area contributed by atoms with Crippen LogP contribution in [-0.4, -0.2) is 28.1 Å². The van der Waals surface area contributed by atoms with E-state index in [2.05, 4.69) is 39.5 Å². The molecule has 0 spiro atoms. The van der Waals surface area contributed by atoms with Crippen LogP contribution in [-0.2, 0) is 0 Å². The summed E-state index contributed by atoms with van der Waals surface area (Å²) in [4.78, 5) is 2.35. The van der Waals surface area contributed by atoms with Crippen molar-refractivity contribution in [3.8, 4) is 0 Å². The molecular formula is C11H23NS3. The van der Waals surface area contributed by atoms with Gasteiger partial charge in [-0.2, -0.15) is 0 Å². The molecule has 0 heterocycles. The molecule has 0 aromatic carbocycles. The summed E-state index contributed by atoms with van der Waals surface area (Å²) in [6, 6.07) is 0. The van der Waals surface area contributed by atoms with Gasteiger partial charge in [0, 0.05) is 18.8 Å². The Morgan fingerprint density at radius 3 is 1.93 bits per heavy atom. The maximum absolute atomic E-state index is 5.45. The second-order valence-corrected chi connectivity index (χ2v) is 7.67. The van der Waals surface area contributed by atoms with Gasteiger partial charge in [0.2, 0.25) is 0 Å². The van der Waals surface area contributed by atoms with Crippen molar-refractivity contribution < 1.29 is 0 Å². The van der Waals surface area contributed by atoms with Gasteiger partial charge in [-0.25, -0.2) is 0 Å². The third kappa shape index (κ3) is 8.40. The van der Waals surface area contributed by atoms with E-state index in [-0.39, 0.29) is 0 Å². The molecule has 0 N–H and O–H groups in total. The minimum absolute atomic E-state index is 0.675. The number of thiocarbonyl (C=S) groups is 1. The van der Waals surface area contributed by atoms with E-state index in [0.29, 0.717) is 11.8 Å². The van der Waals surface area contributed by atoms with Crippen molar-refractivity contribution in [2.24, 2.45) is 11.8 Å². The first-order valence-corrected chi connectivity index (χ1v) is 8.28. The molecule has 0 aliphatic heterocycles. The van der Waals surface area contributed by atoms with Crippen molar-refractivity contribution in [2.45, 2.75) is 34.6 Å². The molecule has 0 unspecified atom stereocenters. The van der Waals surface area contributed by atoms with Gasteiger partial charge in [0.25, 0.3) is 0 Å². The Morgan fingerprint density at radius 1 is 1.13 bits per heavy atom. The summed E-state index contributed by atoms with van der Waals surface area (Å²) in [6.45, 7) is 13.3. The van der Waals surface area contributed by atoms with Crippen LogP contribution in [0.4, 0.5) is 0 Å². The zero-order valence-corrected chi connectivity index (χ0v) is 12.9.